The SMILES string of the molecule is COc1cc([N+](=O)[O-])c(C=NNc2ccc(C(F)(F)F)cc2)cc1O. The first-order valence-corrected chi connectivity index (χ1v) is 6.74. The van der Waals surface area contributed by atoms with E-state index in [2.05, 4.69) is 10.5 Å². The molecule has 2 aromatic rings. The Morgan fingerprint density at radius 1 is 1.28 bits per heavy atom. The Morgan fingerprint density at radius 3 is 2.44 bits per heavy atom. The summed E-state index contributed by atoms with van der Waals surface area (Å²) in [5.74, 6) is -0.386. The number of alkyl halides is 3. The van der Waals surface area contributed by atoms with Gasteiger partial charge >= 0.3 is 6.18 Å². The fourth-order valence-corrected chi connectivity index (χ4v) is 1.91. The maximum atomic E-state index is 12.5. The molecule has 0 saturated carbocycles. The van der Waals surface area contributed by atoms with Gasteiger partial charge in [-0.3, -0.25) is 15.5 Å². The van der Waals surface area contributed by atoms with Crippen LogP contribution in [-0.2, 0) is 6.18 Å². The molecule has 0 heterocycles. The van der Waals surface area contributed by atoms with Crippen LogP contribution >= 0.6 is 0 Å². The van der Waals surface area contributed by atoms with Gasteiger partial charge in [0.1, 0.15) is 0 Å². The fraction of sp³-hybridized carbons (Fsp3) is 0.133. The molecule has 0 atom stereocenters. The van der Waals surface area contributed by atoms with Crippen LogP contribution in [-0.4, -0.2) is 23.4 Å². The molecule has 132 valence electrons. The number of hydrogen-bond acceptors (Lipinski definition) is 6. The molecule has 2 rings (SSSR count). The molecule has 2 N–H and O–H groups in total. The van der Waals surface area contributed by atoms with Crippen LogP contribution in [0.15, 0.2) is 41.5 Å². The van der Waals surface area contributed by atoms with Crippen LogP contribution in [0.4, 0.5) is 24.5 Å². The monoisotopic (exact) mass is 355 g/mol. The number of rotatable bonds is 5. The Labute approximate surface area is 139 Å². The molecule has 7 nitrogen and oxygen atoms in total. The summed E-state index contributed by atoms with van der Waals surface area (Å²) in [5.41, 5.74) is 1.53. The molecule has 0 amide bonds. The molecule has 0 saturated heterocycles. The van der Waals surface area contributed by atoms with Crippen LogP contribution in [0.1, 0.15) is 11.1 Å². The lowest BCUT2D eigenvalue weighted by Gasteiger charge is -2.07. The highest BCUT2D eigenvalue weighted by Crippen LogP contribution is 2.33. The molecule has 0 radical (unpaired) electrons. The van der Waals surface area contributed by atoms with Crippen molar-refractivity contribution in [2.45, 2.75) is 6.18 Å². The molecular formula is C15H12F3N3O4. The second-order valence-corrected chi connectivity index (χ2v) is 4.79. The van der Waals surface area contributed by atoms with E-state index in [0.29, 0.717) is 0 Å². The van der Waals surface area contributed by atoms with Crippen molar-refractivity contribution in [3.8, 4) is 11.5 Å². The number of halogens is 3. The first-order chi connectivity index (χ1) is 11.7. The van der Waals surface area contributed by atoms with E-state index in [4.69, 9.17) is 4.74 Å². The number of hydrazone groups is 1. The average Bonchev–Trinajstić information content (AvgIpc) is 2.54. The summed E-state index contributed by atoms with van der Waals surface area (Å²) in [6.45, 7) is 0. The third kappa shape index (κ3) is 4.37. The summed E-state index contributed by atoms with van der Waals surface area (Å²) < 4.78 is 42.2. The number of ether oxygens (including phenoxy) is 1. The number of phenols is 1. The van der Waals surface area contributed by atoms with Crippen LogP contribution < -0.4 is 10.2 Å². The number of methoxy groups -OCH3 is 1. The predicted octanol–water partition coefficient (Wildman–Crippen LogP) is 3.77. The molecule has 0 bridgehead atoms. The number of phenolic OH excluding ortho intramolecular Hbond substituents is 1. The summed E-state index contributed by atoms with van der Waals surface area (Å²) in [5, 5.41) is 24.5. The van der Waals surface area contributed by atoms with Crippen molar-refractivity contribution in [3.63, 3.8) is 0 Å². The molecule has 0 spiro atoms. The third-order valence-electron chi connectivity index (χ3n) is 3.13. The van der Waals surface area contributed by atoms with Gasteiger partial charge in [-0.05, 0) is 30.3 Å². The standard InChI is InChI=1S/C15H12F3N3O4/c1-25-14-7-12(21(23)24)9(6-13(14)22)8-19-20-11-4-2-10(3-5-11)15(16,17)18/h2-8,20,22H,1H3. The summed E-state index contributed by atoms with van der Waals surface area (Å²) in [6.07, 6.45) is -3.38. The van der Waals surface area contributed by atoms with E-state index < -0.39 is 16.7 Å². The zero-order valence-corrected chi connectivity index (χ0v) is 12.7. The molecule has 25 heavy (non-hydrogen) atoms. The third-order valence-corrected chi connectivity index (χ3v) is 3.13. The topological polar surface area (TPSA) is 97.0 Å². The lowest BCUT2D eigenvalue weighted by molar-refractivity contribution is -0.385. The molecule has 0 fully saturated rings. The second kappa shape index (κ2) is 7.07. The minimum atomic E-state index is -4.44. The highest BCUT2D eigenvalue weighted by molar-refractivity contribution is 5.87. The minimum Gasteiger partial charge on any atom is -0.504 e. The molecule has 2 aromatic carbocycles. The highest BCUT2D eigenvalue weighted by Gasteiger charge is 2.29. The van der Waals surface area contributed by atoms with Gasteiger partial charge in [0.2, 0.25) is 0 Å². The van der Waals surface area contributed by atoms with Crippen molar-refractivity contribution in [3.05, 3.63) is 57.6 Å². The highest BCUT2D eigenvalue weighted by atomic mass is 19.4. The van der Waals surface area contributed by atoms with Crippen LogP contribution in [0.25, 0.3) is 0 Å². The van der Waals surface area contributed by atoms with E-state index in [1.807, 2.05) is 0 Å². The number of anilines is 1. The zero-order valence-electron chi connectivity index (χ0n) is 12.7. The second-order valence-electron chi connectivity index (χ2n) is 4.79. The smallest absolute Gasteiger partial charge is 0.416 e. The zero-order chi connectivity index (χ0) is 18.6. The Balaban J connectivity index is 2.19. The van der Waals surface area contributed by atoms with Gasteiger partial charge in [-0.25, -0.2) is 0 Å². The summed E-state index contributed by atoms with van der Waals surface area (Å²) in [4.78, 5) is 10.4. The van der Waals surface area contributed by atoms with Crippen molar-refractivity contribution in [2.24, 2.45) is 5.10 Å². The Bertz CT molecular complexity index is 805. The van der Waals surface area contributed by atoms with E-state index in [9.17, 15) is 28.4 Å². The quantitative estimate of drug-likeness (QED) is 0.483. The van der Waals surface area contributed by atoms with Crippen LogP contribution in [0.5, 0.6) is 11.5 Å². The van der Waals surface area contributed by atoms with Crippen LogP contribution in [0.3, 0.4) is 0 Å². The van der Waals surface area contributed by atoms with E-state index in [-0.39, 0.29) is 28.4 Å². The Morgan fingerprint density at radius 2 is 1.92 bits per heavy atom. The Hall–Kier alpha value is -3.30. The maximum Gasteiger partial charge on any atom is 0.416 e. The molecular weight excluding hydrogens is 343 g/mol. The average molecular weight is 355 g/mol. The Kier molecular flexibility index (Phi) is 5.11. The number of benzene rings is 2. The van der Waals surface area contributed by atoms with Gasteiger partial charge in [-0.15, -0.1) is 0 Å². The van der Waals surface area contributed by atoms with Crippen molar-refractivity contribution in [2.75, 3.05) is 12.5 Å². The molecule has 0 aliphatic heterocycles. The predicted molar refractivity (Wildman–Crippen MR) is 84.0 cm³/mol. The first kappa shape index (κ1) is 18.0. The van der Waals surface area contributed by atoms with E-state index >= 15 is 0 Å². The largest absolute Gasteiger partial charge is 0.504 e. The van der Waals surface area contributed by atoms with E-state index in [1.54, 1.807) is 0 Å². The number of hydrogen-bond donors (Lipinski definition) is 2. The molecule has 0 aliphatic carbocycles. The molecule has 10 heteroatoms. The molecule has 0 unspecified atom stereocenters. The van der Waals surface area contributed by atoms with Gasteiger partial charge < -0.3 is 9.84 Å². The van der Waals surface area contributed by atoms with Gasteiger partial charge in [-0.1, -0.05) is 0 Å². The van der Waals surface area contributed by atoms with Crippen LogP contribution in [0.2, 0.25) is 0 Å². The van der Waals surface area contributed by atoms with E-state index in [0.717, 1.165) is 30.5 Å². The normalized spacial score (nSPS) is 11.5. The van der Waals surface area contributed by atoms with Crippen LogP contribution in [0, 0.1) is 10.1 Å². The molecule has 0 aromatic heterocycles. The minimum absolute atomic E-state index is 0.0114. The number of nitrogens with one attached hydrogen (secondary N) is 1. The van der Waals surface area contributed by atoms with Gasteiger partial charge in [0.25, 0.3) is 5.69 Å². The van der Waals surface area contributed by atoms with E-state index in [1.165, 1.54) is 19.2 Å². The number of nitro groups is 1. The van der Waals surface area contributed by atoms with Crippen molar-refractivity contribution in [1.29, 1.82) is 0 Å². The lowest BCUT2D eigenvalue weighted by atomic mass is 10.1. The molecule has 0 aliphatic rings. The summed E-state index contributed by atoms with van der Waals surface area (Å²) in [6, 6.07) is 6.21. The van der Waals surface area contributed by atoms with Gasteiger partial charge in [0.15, 0.2) is 11.5 Å². The first-order valence-electron chi connectivity index (χ1n) is 6.74. The maximum absolute atomic E-state index is 12.5. The summed E-state index contributed by atoms with van der Waals surface area (Å²) >= 11 is 0. The van der Waals surface area contributed by atoms with Crippen molar-refractivity contribution >= 4 is 17.6 Å². The fourth-order valence-electron chi connectivity index (χ4n) is 1.91. The van der Waals surface area contributed by atoms with Crippen molar-refractivity contribution in [1.82, 2.24) is 0 Å². The number of nitro benzene ring substituents is 1. The van der Waals surface area contributed by atoms with Crippen molar-refractivity contribution < 1.29 is 27.9 Å². The summed E-state index contributed by atoms with van der Waals surface area (Å²) in [7, 11) is 1.25. The van der Waals surface area contributed by atoms with Gasteiger partial charge in [-0.2, -0.15) is 18.3 Å². The van der Waals surface area contributed by atoms with Gasteiger partial charge in [0.05, 0.1) is 41.1 Å². The van der Waals surface area contributed by atoms with Gasteiger partial charge in [0, 0.05) is 0 Å². The number of nitrogens with zero attached hydrogens (tertiary/aromatic N) is 2. The number of aromatic hydroxyl groups is 1. The lowest BCUT2D eigenvalue weighted by Crippen LogP contribution is -2.04.